The number of aromatic nitrogens is 3. The van der Waals surface area contributed by atoms with E-state index in [1.165, 1.54) is 24.5 Å². The predicted molar refractivity (Wildman–Crippen MR) is 107 cm³/mol. The van der Waals surface area contributed by atoms with Crippen molar-refractivity contribution in [3.8, 4) is 11.1 Å². The molecule has 0 fully saturated rings. The van der Waals surface area contributed by atoms with Crippen molar-refractivity contribution in [1.82, 2.24) is 15.0 Å². The first-order valence-electron chi connectivity index (χ1n) is 8.73. The van der Waals surface area contributed by atoms with Gasteiger partial charge in [0.1, 0.15) is 11.5 Å². The Balaban J connectivity index is 1.86. The average molecular weight is 386 g/mol. The Labute approximate surface area is 164 Å². The number of pyridine rings is 2. The lowest BCUT2D eigenvalue weighted by molar-refractivity contribution is -0.113. The highest BCUT2D eigenvalue weighted by molar-refractivity contribution is 6.13. The lowest BCUT2D eigenvalue weighted by Gasteiger charge is -2.10. The second-order valence-corrected chi connectivity index (χ2v) is 6.33. The van der Waals surface area contributed by atoms with E-state index in [9.17, 15) is 14.0 Å². The van der Waals surface area contributed by atoms with E-state index in [0.717, 1.165) is 0 Å². The van der Waals surface area contributed by atoms with E-state index in [2.05, 4.69) is 15.0 Å². The van der Waals surface area contributed by atoms with Crippen molar-refractivity contribution in [2.24, 2.45) is 5.73 Å². The van der Waals surface area contributed by atoms with Crippen LogP contribution in [0.5, 0.6) is 0 Å². The molecule has 4 aromatic rings. The molecule has 4 rings (SSSR count). The number of hydrogen-bond acceptors (Lipinski definition) is 4. The van der Waals surface area contributed by atoms with Crippen LogP contribution in [0.25, 0.3) is 28.2 Å². The minimum Gasteiger partial charge on any atom is -0.366 e. The number of carbonyl (C=O) groups excluding carboxylic acids is 2. The summed E-state index contributed by atoms with van der Waals surface area (Å²) in [5.41, 5.74) is 7.76. The smallest absolute Gasteiger partial charge is 0.241 e. The molecule has 7 heteroatoms. The number of aromatic amines is 1. The Hall–Kier alpha value is -4.13. The summed E-state index contributed by atoms with van der Waals surface area (Å²) >= 11 is 0. The molecule has 0 unspecified atom stereocenters. The number of nitrogens with zero attached hydrogens (tertiary/aromatic N) is 2. The quantitative estimate of drug-likeness (QED) is 0.405. The summed E-state index contributed by atoms with van der Waals surface area (Å²) in [4.78, 5) is 35.3. The van der Waals surface area contributed by atoms with Gasteiger partial charge in [0.15, 0.2) is 5.78 Å². The number of halogens is 1. The van der Waals surface area contributed by atoms with E-state index >= 15 is 0 Å². The highest BCUT2D eigenvalue weighted by Gasteiger charge is 2.20. The van der Waals surface area contributed by atoms with Crippen LogP contribution in [0.2, 0.25) is 0 Å². The summed E-state index contributed by atoms with van der Waals surface area (Å²) in [6, 6.07) is 9.34. The van der Waals surface area contributed by atoms with Crippen LogP contribution in [0.15, 0.2) is 67.3 Å². The lowest BCUT2D eigenvalue weighted by Crippen LogP contribution is -2.07. The highest BCUT2D eigenvalue weighted by Crippen LogP contribution is 2.30. The van der Waals surface area contributed by atoms with Gasteiger partial charge in [-0.05, 0) is 35.9 Å². The van der Waals surface area contributed by atoms with Gasteiger partial charge in [-0.2, -0.15) is 0 Å². The van der Waals surface area contributed by atoms with Crippen LogP contribution in [-0.2, 0) is 4.79 Å². The van der Waals surface area contributed by atoms with E-state index in [-0.39, 0.29) is 5.56 Å². The van der Waals surface area contributed by atoms with Gasteiger partial charge < -0.3 is 10.7 Å². The molecule has 0 radical (unpaired) electrons. The number of rotatable bonds is 5. The molecule has 29 heavy (non-hydrogen) atoms. The van der Waals surface area contributed by atoms with Crippen LogP contribution >= 0.6 is 0 Å². The molecule has 1 aromatic carbocycles. The molecule has 3 N–H and O–H groups in total. The van der Waals surface area contributed by atoms with Gasteiger partial charge in [0, 0.05) is 52.9 Å². The zero-order valence-electron chi connectivity index (χ0n) is 15.1. The number of H-pyrrole nitrogens is 1. The van der Waals surface area contributed by atoms with Crippen molar-refractivity contribution < 1.29 is 14.0 Å². The van der Waals surface area contributed by atoms with Gasteiger partial charge in [0.2, 0.25) is 5.91 Å². The Morgan fingerprint density at radius 3 is 2.69 bits per heavy atom. The Morgan fingerprint density at radius 1 is 1.14 bits per heavy atom. The molecular weight excluding hydrogens is 371 g/mol. The summed E-state index contributed by atoms with van der Waals surface area (Å²) in [5.74, 6) is -1.63. The first-order valence-corrected chi connectivity index (χ1v) is 8.73. The van der Waals surface area contributed by atoms with Crippen molar-refractivity contribution >= 4 is 28.8 Å². The summed E-state index contributed by atoms with van der Waals surface area (Å²) in [7, 11) is 0. The summed E-state index contributed by atoms with van der Waals surface area (Å²) in [6.07, 6.45) is 9.04. The van der Waals surface area contributed by atoms with Gasteiger partial charge in [-0.25, -0.2) is 9.37 Å². The third-order valence-corrected chi connectivity index (χ3v) is 4.48. The second-order valence-electron chi connectivity index (χ2n) is 6.33. The standard InChI is InChI=1S/C22H15FN4O2/c23-18-3-1-2-16(20(18)21(29)13-6-8-25-9-7-13)15-10-17-14(4-5-19(24)28)11-26-22(17)27-12-15/h1-12H,(H2,24,28)(H,26,27)/b5-4+. The second kappa shape index (κ2) is 7.47. The molecule has 0 aliphatic rings. The van der Waals surface area contributed by atoms with E-state index in [1.54, 1.807) is 48.8 Å². The van der Waals surface area contributed by atoms with Crippen molar-refractivity contribution in [2.45, 2.75) is 0 Å². The molecule has 0 spiro atoms. The maximum absolute atomic E-state index is 14.7. The van der Waals surface area contributed by atoms with E-state index < -0.39 is 17.5 Å². The fourth-order valence-corrected chi connectivity index (χ4v) is 3.12. The highest BCUT2D eigenvalue weighted by atomic mass is 19.1. The number of primary amides is 1. The number of fused-ring (bicyclic) bond motifs is 1. The Morgan fingerprint density at radius 2 is 1.93 bits per heavy atom. The van der Waals surface area contributed by atoms with Crippen LogP contribution in [-0.4, -0.2) is 26.6 Å². The molecule has 0 saturated carbocycles. The molecule has 0 aliphatic carbocycles. The van der Waals surface area contributed by atoms with Gasteiger partial charge in [-0.3, -0.25) is 14.6 Å². The number of ketones is 1. The SMILES string of the molecule is NC(=O)/C=C/c1c[nH]c2ncc(-c3cccc(F)c3C(=O)c3ccncc3)cc12. The lowest BCUT2D eigenvalue weighted by atomic mass is 9.94. The molecule has 1 amide bonds. The van der Waals surface area contributed by atoms with Gasteiger partial charge in [0.05, 0.1) is 5.56 Å². The summed E-state index contributed by atoms with van der Waals surface area (Å²) < 4.78 is 14.7. The fourth-order valence-electron chi connectivity index (χ4n) is 3.12. The maximum Gasteiger partial charge on any atom is 0.241 e. The molecule has 0 atom stereocenters. The van der Waals surface area contributed by atoms with Crippen molar-refractivity contribution in [1.29, 1.82) is 0 Å². The van der Waals surface area contributed by atoms with Crippen LogP contribution in [0.4, 0.5) is 4.39 Å². The number of nitrogens with two attached hydrogens (primary N) is 1. The maximum atomic E-state index is 14.7. The fraction of sp³-hybridized carbons (Fsp3) is 0. The number of benzene rings is 1. The minimum absolute atomic E-state index is 0.0374. The average Bonchev–Trinajstić information content (AvgIpc) is 3.14. The van der Waals surface area contributed by atoms with Crippen molar-refractivity contribution in [3.63, 3.8) is 0 Å². The molecule has 0 saturated heterocycles. The third-order valence-electron chi connectivity index (χ3n) is 4.48. The zero-order valence-corrected chi connectivity index (χ0v) is 15.1. The monoisotopic (exact) mass is 386 g/mol. The Bertz CT molecular complexity index is 1260. The minimum atomic E-state index is -0.618. The van der Waals surface area contributed by atoms with E-state index in [0.29, 0.717) is 33.3 Å². The number of amides is 1. The summed E-state index contributed by atoms with van der Waals surface area (Å²) in [6.45, 7) is 0. The number of nitrogens with one attached hydrogen (secondary N) is 1. The van der Waals surface area contributed by atoms with E-state index in [4.69, 9.17) is 5.73 Å². The van der Waals surface area contributed by atoms with Crippen molar-refractivity contribution in [3.05, 3.63) is 89.8 Å². The largest absolute Gasteiger partial charge is 0.366 e. The first kappa shape index (κ1) is 18.2. The van der Waals surface area contributed by atoms with Crippen LogP contribution in [0, 0.1) is 5.82 Å². The third kappa shape index (κ3) is 3.53. The van der Waals surface area contributed by atoms with E-state index in [1.807, 2.05) is 0 Å². The zero-order chi connectivity index (χ0) is 20.4. The van der Waals surface area contributed by atoms with Crippen LogP contribution in [0.1, 0.15) is 21.5 Å². The van der Waals surface area contributed by atoms with Gasteiger partial charge >= 0.3 is 0 Å². The van der Waals surface area contributed by atoms with Gasteiger partial charge in [0.25, 0.3) is 0 Å². The van der Waals surface area contributed by atoms with Crippen molar-refractivity contribution in [2.75, 3.05) is 0 Å². The predicted octanol–water partition coefficient (Wildman–Crippen LogP) is 3.49. The normalized spacial score (nSPS) is 11.2. The topological polar surface area (TPSA) is 102 Å². The molecule has 0 bridgehead atoms. The molecule has 0 aliphatic heterocycles. The first-order chi connectivity index (χ1) is 14.0. The summed E-state index contributed by atoms with van der Waals surface area (Å²) in [5, 5.41) is 0.714. The molecule has 142 valence electrons. The number of hydrogen-bond donors (Lipinski definition) is 2. The Kier molecular flexibility index (Phi) is 4.70. The molecule has 3 heterocycles. The van der Waals surface area contributed by atoms with Crippen LogP contribution < -0.4 is 5.73 Å². The van der Waals surface area contributed by atoms with Gasteiger partial charge in [-0.15, -0.1) is 0 Å². The van der Waals surface area contributed by atoms with Crippen LogP contribution in [0.3, 0.4) is 0 Å². The number of carbonyl (C=O) groups is 2. The van der Waals surface area contributed by atoms with Gasteiger partial charge in [-0.1, -0.05) is 12.1 Å². The molecule has 6 nitrogen and oxygen atoms in total. The molecular formula is C22H15FN4O2. The molecule has 3 aromatic heterocycles.